The Morgan fingerprint density at radius 2 is 1.65 bits per heavy atom. The fourth-order valence-corrected chi connectivity index (χ4v) is 2.91. The zero-order chi connectivity index (χ0) is 22.5. The first-order valence-corrected chi connectivity index (χ1v) is 9.81. The first-order chi connectivity index (χ1) is 14.7. The molecule has 3 aromatic rings. The Morgan fingerprint density at radius 1 is 0.935 bits per heavy atom. The number of pyridine rings is 1. The maximum Gasteiger partial charge on any atom is 0.258 e. The van der Waals surface area contributed by atoms with Gasteiger partial charge in [0.25, 0.3) is 11.8 Å². The van der Waals surface area contributed by atoms with Gasteiger partial charge in [-0.15, -0.1) is 0 Å². The summed E-state index contributed by atoms with van der Waals surface area (Å²) in [6.45, 7) is 3.32. The van der Waals surface area contributed by atoms with E-state index in [1.54, 1.807) is 61.6 Å². The molecule has 0 radical (unpaired) electrons. The van der Waals surface area contributed by atoms with Crippen molar-refractivity contribution in [1.29, 1.82) is 0 Å². The minimum absolute atomic E-state index is 0.109. The van der Waals surface area contributed by atoms with Crippen molar-refractivity contribution in [2.75, 3.05) is 22.6 Å². The number of carbonyl (C=O) groups is 3. The van der Waals surface area contributed by atoms with Gasteiger partial charge in [0.15, 0.2) is 0 Å². The molecule has 0 aliphatic heterocycles. The maximum absolute atomic E-state index is 12.8. The average molecular weight is 437 g/mol. The van der Waals surface area contributed by atoms with E-state index in [9.17, 15) is 14.4 Å². The van der Waals surface area contributed by atoms with Gasteiger partial charge in [-0.2, -0.15) is 0 Å². The highest BCUT2D eigenvalue weighted by Crippen LogP contribution is 2.21. The molecule has 0 saturated heterocycles. The summed E-state index contributed by atoms with van der Waals surface area (Å²) in [5.74, 6) is -0.548. The third-order valence-corrected chi connectivity index (χ3v) is 4.85. The van der Waals surface area contributed by atoms with Crippen LogP contribution < -0.4 is 15.5 Å². The molecule has 3 amide bonds. The zero-order valence-corrected chi connectivity index (χ0v) is 18.0. The lowest BCUT2D eigenvalue weighted by molar-refractivity contribution is -0.116. The molecule has 0 fully saturated rings. The Kier molecular flexibility index (Phi) is 6.67. The molecule has 158 valence electrons. The smallest absolute Gasteiger partial charge is 0.258 e. The highest BCUT2D eigenvalue weighted by molar-refractivity contribution is 6.30. The molecule has 0 bridgehead atoms. The molecule has 2 aromatic carbocycles. The molecule has 0 unspecified atom stereocenters. The third kappa shape index (κ3) is 5.46. The SMILES string of the molecule is CC(=O)N(C)c1ccc(C(=O)Nc2ccc(C)cc2C(=O)Nc2ccc(Cl)cn2)cc1. The summed E-state index contributed by atoms with van der Waals surface area (Å²) < 4.78 is 0. The molecule has 0 aliphatic carbocycles. The molecule has 0 saturated carbocycles. The fraction of sp³-hybridized carbons (Fsp3) is 0.130. The number of halogens is 1. The number of hydrogen-bond donors (Lipinski definition) is 2. The van der Waals surface area contributed by atoms with Crippen molar-refractivity contribution in [3.05, 3.63) is 82.5 Å². The lowest BCUT2D eigenvalue weighted by Gasteiger charge is -2.15. The van der Waals surface area contributed by atoms with Crippen LogP contribution in [-0.4, -0.2) is 29.8 Å². The summed E-state index contributed by atoms with van der Waals surface area (Å²) in [6.07, 6.45) is 1.43. The number of nitrogens with zero attached hydrogens (tertiary/aromatic N) is 2. The second-order valence-corrected chi connectivity index (χ2v) is 7.38. The average Bonchev–Trinajstić information content (AvgIpc) is 2.76. The largest absolute Gasteiger partial charge is 0.321 e. The summed E-state index contributed by atoms with van der Waals surface area (Å²) in [7, 11) is 1.66. The van der Waals surface area contributed by atoms with Gasteiger partial charge in [0.1, 0.15) is 5.82 Å². The highest BCUT2D eigenvalue weighted by atomic mass is 35.5. The van der Waals surface area contributed by atoms with E-state index in [1.165, 1.54) is 18.0 Å². The van der Waals surface area contributed by atoms with Gasteiger partial charge in [0.2, 0.25) is 5.91 Å². The summed E-state index contributed by atoms with van der Waals surface area (Å²) in [5.41, 5.74) is 2.61. The van der Waals surface area contributed by atoms with E-state index in [-0.39, 0.29) is 11.8 Å². The van der Waals surface area contributed by atoms with E-state index >= 15 is 0 Å². The van der Waals surface area contributed by atoms with Crippen LogP contribution in [0.1, 0.15) is 33.2 Å². The topological polar surface area (TPSA) is 91.4 Å². The standard InChI is InChI=1S/C23H21ClN4O3/c1-14-4-10-20(19(12-14)23(31)27-21-11-7-17(24)13-25-21)26-22(30)16-5-8-18(9-6-16)28(3)15(2)29/h4-13H,1-3H3,(H,26,30)(H,25,27,31). The number of nitrogens with one attached hydrogen (secondary N) is 2. The van der Waals surface area contributed by atoms with Crippen molar-refractivity contribution in [3.8, 4) is 0 Å². The Hall–Kier alpha value is -3.71. The number of aryl methyl sites for hydroxylation is 1. The van der Waals surface area contributed by atoms with Crippen molar-refractivity contribution in [3.63, 3.8) is 0 Å². The van der Waals surface area contributed by atoms with E-state index in [0.717, 1.165) is 5.56 Å². The van der Waals surface area contributed by atoms with E-state index in [0.29, 0.717) is 33.3 Å². The first kappa shape index (κ1) is 22.0. The van der Waals surface area contributed by atoms with Crippen LogP contribution in [0.4, 0.5) is 17.2 Å². The van der Waals surface area contributed by atoms with Gasteiger partial charge in [-0.1, -0.05) is 23.2 Å². The van der Waals surface area contributed by atoms with Crippen molar-refractivity contribution < 1.29 is 14.4 Å². The van der Waals surface area contributed by atoms with Gasteiger partial charge in [-0.05, 0) is 55.5 Å². The molecule has 1 aromatic heterocycles. The number of rotatable bonds is 5. The highest BCUT2D eigenvalue weighted by Gasteiger charge is 2.16. The monoisotopic (exact) mass is 436 g/mol. The number of hydrogen-bond acceptors (Lipinski definition) is 4. The maximum atomic E-state index is 12.8. The Morgan fingerprint density at radius 3 is 2.26 bits per heavy atom. The molecular weight excluding hydrogens is 416 g/mol. The third-order valence-electron chi connectivity index (χ3n) is 4.63. The van der Waals surface area contributed by atoms with Gasteiger partial charge in [-0.3, -0.25) is 14.4 Å². The second kappa shape index (κ2) is 9.40. The molecule has 3 rings (SSSR count). The van der Waals surface area contributed by atoms with Crippen LogP contribution in [0.25, 0.3) is 0 Å². The summed E-state index contributed by atoms with van der Waals surface area (Å²) in [6, 6.07) is 15.0. The number of carbonyl (C=O) groups excluding carboxylic acids is 3. The minimum atomic E-state index is -0.410. The van der Waals surface area contributed by atoms with Crippen LogP contribution in [0.2, 0.25) is 5.02 Å². The Labute approximate surface area is 185 Å². The lowest BCUT2D eigenvalue weighted by atomic mass is 10.1. The van der Waals surface area contributed by atoms with Gasteiger partial charge in [0.05, 0.1) is 16.3 Å². The second-order valence-electron chi connectivity index (χ2n) is 6.94. The van der Waals surface area contributed by atoms with Crippen molar-refractivity contribution >= 4 is 46.5 Å². The van der Waals surface area contributed by atoms with E-state index in [1.807, 2.05) is 6.92 Å². The van der Waals surface area contributed by atoms with Gasteiger partial charge < -0.3 is 15.5 Å². The molecule has 1 heterocycles. The molecule has 0 atom stereocenters. The van der Waals surface area contributed by atoms with E-state index < -0.39 is 5.91 Å². The van der Waals surface area contributed by atoms with Crippen LogP contribution in [0.15, 0.2) is 60.8 Å². The predicted molar refractivity (Wildman–Crippen MR) is 122 cm³/mol. The summed E-state index contributed by atoms with van der Waals surface area (Å²) >= 11 is 5.83. The van der Waals surface area contributed by atoms with Gasteiger partial charge in [0, 0.05) is 31.4 Å². The first-order valence-electron chi connectivity index (χ1n) is 9.44. The normalized spacial score (nSPS) is 10.3. The summed E-state index contributed by atoms with van der Waals surface area (Å²) in [5, 5.41) is 5.94. The quantitative estimate of drug-likeness (QED) is 0.614. The van der Waals surface area contributed by atoms with E-state index in [2.05, 4.69) is 15.6 Å². The van der Waals surface area contributed by atoms with Crippen LogP contribution in [0, 0.1) is 6.92 Å². The van der Waals surface area contributed by atoms with Crippen LogP contribution in [0.3, 0.4) is 0 Å². The molecule has 8 heteroatoms. The molecule has 31 heavy (non-hydrogen) atoms. The van der Waals surface area contributed by atoms with Crippen molar-refractivity contribution in [1.82, 2.24) is 4.98 Å². The van der Waals surface area contributed by atoms with Crippen molar-refractivity contribution in [2.24, 2.45) is 0 Å². The lowest BCUT2D eigenvalue weighted by Crippen LogP contribution is -2.23. The molecule has 2 N–H and O–H groups in total. The summed E-state index contributed by atoms with van der Waals surface area (Å²) in [4.78, 5) is 42.6. The van der Waals surface area contributed by atoms with Crippen molar-refractivity contribution in [2.45, 2.75) is 13.8 Å². The van der Waals surface area contributed by atoms with E-state index in [4.69, 9.17) is 11.6 Å². The Bertz CT molecular complexity index is 1130. The van der Waals surface area contributed by atoms with Crippen LogP contribution in [0.5, 0.6) is 0 Å². The zero-order valence-electron chi connectivity index (χ0n) is 17.3. The number of amides is 3. The van der Waals surface area contributed by atoms with Gasteiger partial charge in [-0.25, -0.2) is 4.98 Å². The molecule has 0 spiro atoms. The van der Waals surface area contributed by atoms with Crippen LogP contribution in [-0.2, 0) is 4.79 Å². The molecule has 0 aliphatic rings. The number of benzene rings is 2. The molecule has 7 nitrogen and oxygen atoms in total. The van der Waals surface area contributed by atoms with Crippen LogP contribution >= 0.6 is 11.6 Å². The number of anilines is 3. The van der Waals surface area contributed by atoms with Gasteiger partial charge >= 0.3 is 0 Å². The molecular formula is C23H21ClN4O3. The fourth-order valence-electron chi connectivity index (χ4n) is 2.80. The Balaban J connectivity index is 1.80. The number of aromatic nitrogens is 1. The predicted octanol–water partition coefficient (Wildman–Crippen LogP) is 4.53. The minimum Gasteiger partial charge on any atom is -0.321 e.